The first kappa shape index (κ1) is 22.5. The van der Waals surface area contributed by atoms with Gasteiger partial charge in [0.05, 0.1) is 10.4 Å². The molecule has 1 heterocycles. The first-order chi connectivity index (χ1) is 15.9. The third kappa shape index (κ3) is 5.57. The average molecular weight is 466 g/mol. The number of fused-ring (bicyclic) bond motifs is 1. The van der Waals surface area contributed by atoms with Crippen LogP contribution >= 0.6 is 0 Å². The minimum absolute atomic E-state index is 0.0286. The summed E-state index contributed by atoms with van der Waals surface area (Å²) in [5.41, 5.74) is 2.36. The van der Waals surface area contributed by atoms with Crippen molar-refractivity contribution in [3.05, 3.63) is 101 Å². The summed E-state index contributed by atoms with van der Waals surface area (Å²) in [6.07, 6.45) is 0.671. The zero-order valence-electron chi connectivity index (χ0n) is 17.7. The lowest BCUT2D eigenvalue weighted by Gasteiger charge is -2.08. The summed E-state index contributed by atoms with van der Waals surface area (Å²) in [5.74, 6) is -1.06. The van der Waals surface area contributed by atoms with E-state index in [2.05, 4.69) is 10.0 Å². The van der Waals surface area contributed by atoms with Crippen LogP contribution in [-0.4, -0.2) is 25.4 Å². The van der Waals surface area contributed by atoms with Crippen molar-refractivity contribution in [1.29, 1.82) is 0 Å². The largest absolute Gasteiger partial charge is 0.420 e. The molecule has 0 unspecified atom stereocenters. The van der Waals surface area contributed by atoms with Crippen molar-refractivity contribution in [3.63, 3.8) is 0 Å². The minimum Gasteiger partial charge on any atom is -0.408 e. The number of rotatable bonds is 9. The Morgan fingerprint density at radius 1 is 0.909 bits per heavy atom. The second kappa shape index (κ2) is 9.85. The molecule has 1 aromatic heterocycles. The SMILES string of the molecule is O=C(Cn1c(=O)oc2cc(S(=O)(=O)NCc3ccccc3)ccc21)NCCc1ccccc1. The third-order valence-electron chi connectivity index (χ3n) is 5.14. The van der Waals surface area contributed by atoms with E-state index < -0.39 is 15.8 Å². The Balaban J connectivity index is 1.43. The minimum atomic E-state index is -3.82. The predicted octanol–water partition coefficient (Wildman–Crippen LogP) is 2.43. The molecule has 0 saturated heterocycles. The van der Waals surface area contributed by atoms with E-state index in [1.807, 2.05) is 60.7 Å². The summed E-state index contributed by atoms with van der Waals surface area (Å²) >= 11 is 0. The first-order valence-corrected chi connectivity index (χ1v) is 11.9. The Morgan fingerprint density at radius 3 is 2.27 bits per heavy atom. The molecule has 0 bridgehead atoms. The summed E-state index contributed by atoms with van der Waals surface area (Å²) in [4.78, 5) is 24.6. The van der Waals surface area contributed by atoms with Gasteiger partial charge in [-0.05, 0) is 29.7 Å². The number of nitrogens with zero attached hydrogens (tertiary/aromatic N) is 1. The molecule has 0 fully saturated rings. The van der Waals surface area contributed by atoms with Gasteiger partial charge in [-0.15, -0.1) is 0 Å². The fraction of sp³-hybridized carbons (Fsp3) is 0.167. The van der Waals surface area contributed by atoms with Gasteiger partial charge in [0.1, 0.15) is 6.54 Å². The maximum absolute atomic E-state index is 12.7. The van der Waals surface area contributed by atoms with E-state index in [0.717, 1.165) is 11.1 Å². The van der Waals surface area contributed by atoms with Gasteiger partial charge in [-0.3, -0.25) is 9.36 Å². The van der Waals surface area contributed by atoms with E-state index in [9.17, 15) is 18.0 Å². The van der Waals surface area contributed by atoms with Crippen LogP contribution in [0.15, 0.2) is 93.0 Å². The smallest absolute Gasteiger partial charge is 0.408 e. The van der Waals surface area contributed by atoms with Gasteiger partial charge < -0.3 is 9.73 Å². The maximum atomic E-state index is 12.7. The highest BCUT2D eigenvalue weighted by atomic mass is 32.2. The molecular weight excluding hydrogens is 442 g/mol. The summed E-state index contributed by atoms with van der Waals surface area (Å²) in [6.45, 7) is 0.344. The van der Waals surface area contributed by atoms with Gasteiger partial charge >= 0.3 is 5.76 Å². The van der Waals surface area contributed by atoms with Crippen molar-refractivity contribution in [1.82, 2.24) is 14.6 Å². The molecule has 0 radical (unpaired) electrons. The van der Waals surface area contributed by atoms with E-state index in [1.54, 1.807) is 0 Å². The van der Waals surface area contributed by atoms with Crippen LogP contribution in [0.1, 0.15) is 11.1 Å². The monoisotopic (exact) mass is 465 g/mol. The Bertz CT molecular complexity index is 1410. The van der Waals surface area contributed by atoms with Gasteiger partial charge in [0, 0.05) is 19.2 Å². The number of nitrogens with one attached hydrogen (secondary N) is 2. The molecule has 0 aliphatic rings. The van der Waals surface area contributed by atoms with E-state index >= 15 is 0 Å². The highest BCUT2D eigenvalue weighted by molar-refractivity contribution is 7.89. The van der Waals surface area contributed by atoms with Crippen LogP contribution in [-0.2, 0) is 34.3 Å². The third-order valence-corrected chi connectivity index (χ3v) is 6.54. The van der Waals surface area contributed by atoms with Crippen molar-refractivity contribution in [2.24, 2.45) is 0 Å². The van der Waals surface area contributed by atoms with E-state index in [4.69, 9.17) is 4.42 Å². The number of hydrogen-bond donors (Lipinski definition) is 2. The first-order valence-electron chi connectivity index (χ1n) is 10.4. The Kier molecular flexibility index (Phi) is 6.71. The molecule has 8 nitrogen and oxygen atoms in total. The van der Waals surface area contributed by atoms with Crippen molar-refractivity contribution < 1.29 is 17.6 Å². The number of carbonyl (C=O) groups excluding carboxylic acids is 1. The number of sulfonamides is 1. The van der Waals surface area contributed by atoms with Gasteiger partial charge in [-0.2, -0.15) is 0 Å². The molecule has 0 spiro atoms. The van der Waals surface area contributed by atoms with Crippen molar-refractivity contribution in [2.45, 2.75) is 24.4 Å². The Labute approximate surface area is 190 Å². The highest BCUT2D eigenvalue weighted by Crippen LogP contribution is 2.19. The summed E-state index contributed by atoms with van der Waals surface area (Å²) in [5, 5.41) is 2.78. The molecule has 170 valence electrons. The lowest BCUT2D eigenvalue weighted by Crippen LogP contribution is -2.32. The average Bonchev–Trinajstić information content (AvgIpc) is 3.13. The fourth-order valence-electron chi connectivity index (χ4n) is 3.41. The number of carbonyl (C=O) groups is 1. The van der Waals surface area contributed by atoms with Crippen LogP contribution in [0.3, 0.4) is 0 Å². The molecule has 2 N–H and O–H groups in total. The second-order valence-electron chi connectivity index (χ2n) is 7.48. The molecule has 0 saturated carbocycles. The topological polar surface area (TPSA) is 110 Å². The lowest BCUT2D eigenvalue weighted by molar-refractivity contribution is -0.121. The molecule has 9 heteroatoms. The molecule has 33 heavy (non-hydrogen) atoms. The highest BCUT2D eigenvalue weighted by Gasteiger charge is 2.18. The van der Waals surface area contributed by atoms with Gasteiger partial charge in [-0.25, -0.2) is 17.9 Å². The number of oxazole rings is 1. The predicted molar refractivity (Wildman–Crippen MR) is 124 cm³/mol. The molecule has 3 aromatic carbocycles. The molecular formula is C24H23N3O5S. The van der Waals surface area contributed by atoms with Crippen molar-refractivity contribution >= 4 is 27.0 Å². The quantitative estimate of drug-likeness (QED) is 0.395. The second-order valence-corrected chi connectivity index (χ2v) is 9.25. The maximum Gasteiger partial charge on any atom is 0.420 e. The van der Waals surface area contributed by atoms with Gasteiger partial charge in [0.25, 0.3) is 0 Å². The van der Waals surface area contributed by atoms with Crippen LogP contribution in [0.4, 0.5) is 0 Å². The van der Waals surface area contributed by atoms with Crippen molar-refractivity contribution in [3.8, 4) is 0 Å². The molecule has 0 aliphatic heterocycles. The van der Waals surface area contributed by atoms with E-state index in [0.29, 0.717) is 18.5 Å². The zero-order valence-corrected chi connectivity index (χ0v) is 18.5. The summed E-state index contributed by atoms with van der Waals surface area (Å²) < 4.78 is 34.2. The van der Waals surface area contributed by atoms with Crippen LogP contribution in [0.25, 0.3) is 11.1 Å². The van der Waals surface area contributed by atoms with Gasteiger partial charge in [0.15, 0.2) is 5.58 Å². The zero-order chi connectivity index (χ0) is 23.3. The van der Waals surface area contributed by atoms with Crippen LogP contribution in [0.2, 0.25) is 0 Å². The fourth-order valence-corrected chi connectivity index (χ4v) is 4.44. The standard InChI is InChI=1S/C24H23N3O5S/c28-23(25-14-13-18-7-3-1-4-8-18)17-27-21-12-11-20(15-22(21)32-24(27)29)33(30,31)26-16-19-9-5-2-6-10-19/h1-12,15,26H,13-14,16-17H2,(H,25,28). The number of amides is 1. The number of aromatic nitrogens is 1. The van der Waals surface area contributed by atoms with Gasteiger partial charge in [-0.1, -0.05) is 60.7 Å². The van der Waals surface area contributed by atoms with E-state index in [-0.39, 0.29) is 29.5 Å². The number of benzene rings is 3. The van der Waals surface area contributed by atoms with Gasteiger partial charge in [0.2, 0.25) is 15.9 Å². The Hall–Kier alpha value is -3.69. The normalized spacial score (nSPS) is 11.5. The van der Waals surface area contributed by atoms with Crippen molar-refractivity contribution in [2.75, 3.05) is 6.54 Å². The number of hydrogen-bond acceptors (Lipinski definition) is 5. The molecule has 1 amide bonds. The lowest BCUT2D eigenvalue weighted by atomic mass is 10.1. The Morgan fingerprint density at radius 2 is 1.58 bits per heavy atom. The van der Waals surface area contributed by atoms with Crippen LogP contribution in [0, 0.1) is 0 Å². The molecule has 4 rings (SSSR count). The molecule has 4 aromatic rings. The molecule has 0 atom stereocenters. The summed E-state index contributed by atoms with van der Waals surface area (Å²) in [7, 11) is -3.82. The van der Waals surface area contributed by atoms with Crippen LogP contribution in [0.5, 0.6) is 0 Å². The molecule has 0 aliphatic carbocycles. The van der Waals surface area contributed by atoms with Crippen LogP contribution < -0.4 is 15.8 Å². The van der Waals surface area contributed by atoms with E-state index in [1.165, 1.54) is 22.8 Å². The summed E-state index contributed by atoms with van der Waals surface area (Å²) in [6, 6.07) is 23.0.